The summed E-state index contributed by atoms with van der Waals surface area (Å²) >= 11 is 0. The highest BCUT2D eigenvalue weighted by atomic mass is 16.5. The number of aliphatic hydroxyl groups excluding tert-OH is 2. The highest BCUT2D eigenvalue weighted by Gasteiger charge is 2.24. The number of amides is 1. The molecule has 3 N–H and O–H groups in total. The predicted molar refractivity (Wildman–Crippen MR) is 268 cm³/mol. The number of nitrogens with one attached hydrogen (secondary N) is 1. The molecule has 62 heavy (non-hydrogen) atoms. The van der Waals surface area contributed by atoms with Gasteiger partial charge in [0.05, 0.1) is 25.2 Å². The van der Waals surface area contributed by atoms with Gasteiger partial charge in [0.1, 0.15) is 6.10 Å². The van der Waals surface area contributed by atoms with Crippen molar-refractivity contribution in [3.63, 3.8) is 0 Å². The average Bonchev–Trinajstić information content (AvgIpc) is 3.26. The molecule has 0 heterocycles. The van der Waals surface area contributed by atoms with Crippen LogP contribution >= 0.6 is 0 Å². The molecule has 0 radical (unpaired) electrons. The lowest BCUT2D eigenvalue weighted by Crippen LogP contribution is -2.46. The van der Waals surface area contributed by atoms with E-state index in [0.717, 1.165) is 51.4 Å². The maximum atomic E-state index is 13.2. The minimum Gasteiger partial charge on any atom is -0.462 e. The van der Waals surface area contributed by atoms with Gasteiger partial charge in [-0.15, -0.1) is 0 Å². The van der Waals surface area contributed by atoms with Gasteiger partial charge in [-0.3, -0.25) is 9.59 Å². The fourth-order valence-electron chi connectivity index (χ4n) is 7.99. The Labute approximate surface area is 384 Å². The van der Waals surface area contributed by atoms with Crippen molar-refractivity contribution in [3.8, 4) is 0 Å². The fraction of sp³-hybridized carbons (Fsp3) is 0.786. The molecular formula is C56H101NO5. The van der Waals surface area contributed by atoms with Crippen molar-refractivity contribution < 1.29 is 24.5 Å². The van der Waals surface area contributed by atoms with Gasteiger partial charge in [0.25, 0.3) is 0 Å². The largest absolute Gasteiger partial charge is 0.462 e. The lowest BCUT2D eigenvalue weighted by Gasteiger charge is -2.24. The number of carbonyl (C=O) groups is 2. The zero-order valence-corrected chi connectivity index (χ0v) is 41.0. The van der Waals surface area contributed by atoms with E-state index in [0.29, 0.717) is 25.7 Å². The van der Waals surface area contributed by atoms with Crippen LogP contribution in [0.5, 0.6) is 0 Å². The summed E-state index contributed by atoms with van der Waals surface area (Å²) in [5, 5.41) is 23.8. The Balaban J connectivity index is 4.63. The molecule has 6 heteroatoms. The first-order chi connectivity index (χ1) is 30.5. The van der Waals surface area contributed by atoms with E-state index in [-0.39, 0.29) is 24.9 Å². The van der Waals surface area contributed by atoms with E-state index in [2.05, 4.69) is 38.2 Å². The molecule has 0 saturated heterocycles. The Kier molecular flexibility index (Phi) is 47.6. The van der Waals surface area contributed by atoms with Crippen molar-refractivity contribution in [2.24, 2.45) is 0 Å². The number of hydrogen-bond acceptors (Lipinski definition) is 5. The summed E-state index contributed by atoms with van der Waals surface area (Å²) in [4.78, 5) is 26.1. The van der Waals surface area contributed by atoms with Gasteiger partial charge in [0.15, 0.2) is 0 Å². The van der Waals surface area contributed by atoms with Gasteiger partial charge in [0, 0.05) is 6.42 Å². The molecule has 0 fully saturated rings. The number of rotatable bonds is 47. The molecule has 6 nitrogen and oxygen atoms in total. The smallest absolute Gasteiger partial charge is 0.306 e. The maximum absolute atomic E-state index is 13.2. The monoisotopic (exact) mass is 868 g/mol. The van der Waals surface area contributed by atoms with E-state index in [1.807, 2.05) is 48.6 Å². The molecule has 0 aromatic carbocycles. The van der Waals surface area contributed by atoms with Crippen LogP contribution in [0, 0.1) is 0 Å². The number of allylic oxidation sites excluding steroid dienone is 10. The molecule has 0 aliphatic heterocycles. The number of unbranched alkanes of at least 4 members (excludes halogenated alkanes) is 29. The van der Waals surface area contributed by atoms with Gasteiger partial charge < -0.3 is 20.3 Å². The van der Waals surface area contributed by atoms with Gasteiger partial charge in [0.2, 0.25) is 5.91 Å². The van der Waals surface area contributed by atoms with E-state index in [1.165, 1.54) is 154 Å². The standard InChI is InChI=1S/C56H101NO5/c1-4-7-10-13-16-19-22-25-27-30-32-35-38-41-44-47-52(62-56(61)49-46-43-40-37-34-29-24-21-18-15-12-9-6-3)50-55(60)57-53(51-58)54(59)48-45-42-39-36-33-31-28-26-23-20-17-14-11-8-5-2/h9,12,15,18,21,24,29,34,37,40,52-54,58-59H,4-8,10-11,13-14,16-17,19-20,22-23,25-28,30-33,35-36,38-39,41-51H2,1-3H3,(H,57,60)/b12-9+,18-15+,24-21-,34-29-,40-37+. The van der Waals surface area contributed by atoms with Gasteiger partial charge in [-0.1, -0.05) is 268 Å². The summed E-state index contributed by atoms with van der Waals surface area (Å²) in [6.07, 6.45) is 61.4. The maximum Gasteiger partial charge on any atom is 0.306 e. The summed E-state index contributed by atoms with van der Waals surface area (Å²) in [6, 6.07) is -0.716. The number of hydrogen-bond donors (Lipinski definition) is 3. The average molecular weight is 868 g/mol. The van der Waals surface area contributed by atoms with Gasteiger partial charge in [-0.25, -0.2) is 0 Å². The quantitative estimate of drug-likeness (QED) is 0.0322. The van der Waals surface area contributed by atoms with Gasteiger partial charge in [-0.2, -0.15) is 0 Å². The zero-order valence-electron chi connectivity index (χ0n) is 41.0. The highest BCUT2D eigenvalue weighted by Crippen LogP contribution is 2.18. The van der Waals surface area contributed by atoms with Crippen LogP contribution in [0.25, 0.3) is 0 Å². The van der Waals surface area contributed by atoms with Gasteiger partial charge in [-0.05, 0) is 38.5 Å². The van der Waals surface area contributed by atoms with Crippen LogP contribution in [0.3, 0.4) is 0 Å². The lowest BCUT2D eigenvalue weighted by molar-refractivity contribution is -0.151. The summed E-state index contributed by atoms with van der Waals surface area (Å²) < 4.78 is 5.90. The number of ether oxygens (including phenoxy) is 1. The number of aliphatic hydroxyl groups is 2. The van der Waals surface area contributed by atoms with Crippen molar-refractivity contribution in [1.82, 2.24) is 5.32 Å². The number of esters is 1. The molecule has 0 bridgehead atoms. The third-order valence-corrected chi connectivity index (χ3v) is 12.0. The van der Waals surface area contributed by atoms with E-state index >= 15 is 0 Å². The van der Waals surface area contributed by atoms with E-state index < -0.39 is 18.2 Å². The third-order valence-electron chi connectivity index (χ3n) is 12.0. The SMILES string of the molecule is CC/C=C/C=C/C=C\C=C/C=C/CCCC(=O)OC(CCCCCCCCCCCCCCCCC)CC(=O)NC(CO)C(O)CCCCCCCCCCCCCCCCC. The molecule has 3 atom stereocenters. The summed E-state index contributed by atoms with van der Waals surface area (Å²) in [5.74, 6) is -0.554. The van der Waals surface area contributed by atoms with Crippen LogP contribution in [0.4, 0.5) is 0 Å². The van der Waals surface area contributed by atoms with Crippen LogP contribution in [-0.4, -0.2) is 46.9 Å². The first-order valence-electron chi connectivity index (χ1n) is 26.6. The second kappa shape index (κ2) is 49.6. The van der Waals surface area contributed by atoms with Crippen LogP contribution in [0.1, 0.15) is 258 Å². The molecule has 3 unspecified atom stereocenters. The van der Waals surface area contributed by atoms with Crippen molar-refractivity contribution in [1.29, 1.82) is 0 Å². The Morgan fingerprint density at radius 3 is 1.26 bits per heavy atom. The van der Waals surface area contributed by atoms with Crippen LogP contribution in [0.2, 0.25) is 0 Å². The zero-order chi connectivity index (χ0) is 45.2. The third kappa shape index (κ3) is 44.2. The molecule has 0 spiro atoms. The molecule has 360 valence electrons. The summed E-state index contributed by atoms with van der Waals surface area (Å²) in [6.45, 7) is 6.34. The normalized spacial score (nSPS) is 13.7. The van der Waals surface area contributed by atoms with Gasteiger partial charge >= 0.3 is 5.97 Å². The molecule has 0 aliphatic rings. The van der Waals surface area contributed by atoms with Crippen molar-refractivity contribution in [2.75, 3.05) is 6.61 Å². The molecule has 0 aliphatic carbocycles. The molecule has 0 aromatic rings. The van der Waals surface area contributed by atoms with Crippen LogP contribution < -0.4 is 5.32 Å². The molecule has 1 amide bonds. The molecule has 0 saturated carbocycles. The summed E-state index contributed by atoms with van der Waals surface area (Å²) in [5.41, 5.74) is 0. The number of carbonyl (C=O) groups excluding carboxylic acids is 2. The molecular weight excluding hydrogens is 767 g/mol. The van der Waals surface area contributed by atoms with Crippen LogP contribution in [-0.2, 0) is 14.3 Å². The fourth-order valence-corrected chi connectivity index (χ4v) is 7.99. The Hall–Kier alpha value is -2.44. The van der Waals surface area contributed by atoms with E-state index in [9.17, 15) is 19.8 Å². The second-order valence-electron chi connectivity index (χ2n) is 18.0. The van der Waals surface area contributed by atoms with E-state index in [1.54, 1.807) is 0 Å². The van der Waals surface area contributed by atoms with E-state index in [4.69, 9.17) is 4.74 Å². The second-order valence-corrected chi connectivity index (χ2v) is 18.0. The van der Waals surface area contributed by atoms with Crippen LogP contribution in [0.15, 0.2) is 60.8 Å². The molecule has 0 aromatic heterocycles. The summed E-state index contributed by atoms with van der Waals surface area (Å²) in [7, 11) is 0. The minimum absolute atomic E-state index is 0.0504. The topological polar surface area (TPSA) is 95.9 Å². The first kappa shape index (κ1) is 59.6. The Morgan fingerprint density at radius 1 is 0.484 bits per heavy atom. The predicted octanol–water partition coefficient (Wildman–Crippen LogP) is 16.0. The highest BCUT2D eigenvalue weighted by molar-refractivity contribution is 5.77. The minimum atomic E-state index is -0.800. The van der Waals surface area contributed by atoms with Crippen molar-refractivity contribution in [2.45, 2.75) is 277 Å². The van der Waals surface area contributed by atoms with Crippen molar-refractivity contribution in [3.05, 3.63) is 60.8 Å². The lowest BCUT2D eigenvalue weighted by atomic mass is 10.0. The Bertz CT molecular complexity index is 1110. The Morgan fingerprint density at radius 2 is 0.855 bits per heavy atom. The van der Waals surface area contributed by atoms with Crippen molar-refractivity contribution >= 4 is 11.9 Å². The molecule has 0 rings (SSSR count). The first-order valence-corrected chi connectivity index (χ1v) is 26.6.